The number of fused-ring (bicyclic) bond motifs is 2. The molecule has 3 fully saturated rings. The van der Waals surface area contributed by atoms with Crippen LogP contribution in [0.3, 0.4) is 0 Å². The van der Waals surface area contributed by atoms with Crippen LogP contribution in [-0.4, -0.2) is 118 Å². The van der Waals surface area contributed by atoms with E-state index < -0.39 is 81.4 Å². The number of rotatable bonds is 8. The third-order valence-corrected chi connectivity index (χ3v) is 15.3. The van der Waals surface area contributed by atoms with Crippen LogP contribution in [0.2, 0.25) is 0 Å². The summed E-state index contributed by atoms with van der Waals surface area (Å²) in [5, 5.41) is 5.44. The molecule has 0 unspecified atom stereocenters. The van der Waals surface area contributed by atoms with Gasteiger partial charge in [-0.25, -0.2) is 0 Å². The largest absolute Gasteiger partial charge is 0.468 e. The molecule has 0 saturated carbocycles. The molecule has 18 nitrogen and oxygen atoms in total. The van der Waals surface area contributed by atoms with E-state index in [4.69, 9.17) is 30.4 Å². The van der Waals surface area contributed by atoms with Gasteiger partial charge in [0.05, 0.1) is 37.4 Å². The van der Waals surface area contributed by atoms with Gasteiger partial charge in [-0.3, -0.25) is 38.4 Å². The average Bonchev–Trinajstić information content (AvgIpc) is 4.05. The molecule has 6 atom stereocenters. The van der Waals surface area contributed by atoms with Gasteiger partial charge in [0.15, 0.2) is 22.6 Å². The monoisotopic (exact) mass is 982 g/mol. The molecule has 3 saturated heterocycles. The van der Waals surface area contributed by atoms with Gasteiger partial charge < -0.3 is 50.8 Å². The molecule has 0 bridgehead atoms. The molecular weight excluding hydrogens is 925 g/mol. The molecule has 5 aliphatic rings. The van der Waals surface area contributed by atoms with E-state index in [1.807, 2.05) is 12.1 Å². The van der Waals surface area contributed by atoms with Gasteiger partial charge in [-0.05, 0) is 113 Å². The Labute approximate surface area is 416 Å². The van der Waals surface area contributed by atoms with Gasteiger partial charge in [0.2, 0.25) is 0 Å². The van der Waals surface area contributed by atoms with Crippen molar-refractivity contribution in [3.8, 4) is 23.0 Å². The van der Waals surface area contributed by atoms with Crippen molar-refractivity contribution in [2.45, 2.75) is 112 Å². The van der Waals surface area contributed by atoms with Crippen molar-refractivity contribution < 1.29 is 57.3 Å². The van der Waals surface area contributed by atoms with Crippen LogP contribution in [0.1, 0.15) is 95.3 Å². The fourth-order valence-corrected chi connectivity index (χ4v) is 11.4. The van der Waals surface area contributed by atoms with Crippen LogP contribution in [0.25, 0.3) is 0 Å². The number of benzene rings is 4. The molecule has 2 aliphatic carbocycles. The van der Waals surface area contributed by atoms with Crippen molar-refractivity contribution in [3.05, 3.63) is 118 Å². The summed E-state index contributed by atoms with van der Waals surface area (Å²) in [4.78, 5) is 118. The Bertz CT molecular complexity index is 2750. The number of hydrogen-bond donors (Lipinski definition) is 4. The molecule has 72 heavy (non-hydrogen) atoms. The highest BCUT2D eigenvalue weighted by molar-refractivity contribution is 6.22. The summed E-state index contributed by atoms with van der Waals surface area (Å²) in [7, 11) is 2.56. The van der Waals surface area contributed by atoms with Gasteiger partial charge >= 0.3 is 11.9 Å². The summed E-state index contributed by atoms with van der Waals surface area (Å²) in [6, 6.07) is 20.7. The fraction of sp³-hybridized carbons (Fsp3) is 0.407. The van der Waals surface area contributed by atoms with Crippen LogP contribution in [0, 0.1) is 0 Å². The summed E-state index contributed by atoms with van der Waals surface area (Å²) in [5.41, 5.74) is 9.38. The lowest BCUT2D eigenvalue weighted by molar-refractivity contribution is -0.151. The highest BCUT2D eigenvalue weighted by Crippen LogP contribution is 2.43. The molecular formula is C54H58N6O12. The van der Waals surface area contributed by atoms with Crippen molar-refractivity contribution in [1.82, 2.24) is 20.4 Å². The Balaban J connectivity index is 0.996. The standard InChI is InChI=1S/C54H58N6O12/c1-31-43(61)53(23-11-27-59(53)45(63)35-15-5-7-17-39(35)71-41-19-9-13-33-21-25-51(55,29-37(33)41)49(67)69-3)48(66)58-32(2)44(62)54(47(65)57-31)24-12-28-60(54)46(64)36-16-6-8-18-40(36)72-42-20-10-14-34-22-26-52(56,30-38(34)42)50(68)70-4/h5-10,13-20,31-32H,11-12,21-30,55-56H2,1-4H3,(H,57,65)(H,58,66)/t31-,32-,51-,52-,53+,54+/m0/s1. The van der Waals surface area contributed by atoms with Crippen LogP contribution in [0.4, 0.5) is 0 Å². The van der Waals surface area contributed by atoms with Crippen molar-refractivity contribution in [2.24, 2.45) is 11.5 Å². The van der Waals surface area contributed by atoms with Crippen LogP contribution < -0.4 is 31.6 Å². The number of likely N-dealkylation sites (tertiary alicyclic amines) is 2. The van der Waals surface area contributed by atoms with Gasteiger partial charge in [-0.2, -0.15) is 0 Å². The summed E-state index contributed by atoms with van der Waals surface area (Å²) < 4.78 is 23.0. The molecule has 4 aromatic carbocycles. The summed E-state index contributed by atoms with van der Waals surface area (Å²) in [6.07, 6.45) is 2.15. The van der Waals surface area contributed by atoms with Gasteiger partial charge in [0.1, 0.15) is 34.1 Å². The number of ketones is 2. The van der Waals surface area contributed by atoms with E-state index in [0.717, 1.165) is 11.1 Å². The predicted molar refractivity (Wildman–Crippen MR) is 259 cm³/mol. The third-order valence-electron chi connectivity index (χ3n) is 15.3. The van der Waals surface area contributed by atoms with E-state index in [1.165, 1.54) is 50.0 Å². The Morgan fingerprint density at radius 1 is 0.542 bits per heavy atom. The second-order valence-corrected chi connectivity index (χ2v) is 19.6. The minimum atomic E-state index is -2.17. The second kappa shape index (κ2) is 19.0. The quantitative estimate of drug-likeness (QED) is 0.145. The fourth-order valence-electron chi connectivity index (χ4n) is 11.4. The molecule has 3 heterocycles. The molecule has 4 amide bonds. The number of aryl methyl sites for hydroxylation is 2. The first-order chi connectivity index (χ1) is 34.4. The Morgan fingerprint density at radius 2 is 0.917 bits per heavy atom. The number of nitrogens with zero attached hydrogens (tertiary/aromatic N) is 2. The topological polar surface area (TPSA) is 256 Å². The Kier molecular flexibility index (Phi) is 13.0. The summed E-state index contributed by atoms with van der Waals surface area (Å²) in [5.74, 6) is -5.00. The number of methoxy groups -OCH3 is 2. The van der Waals surface area contributed by atoms with Crippen LogP contribution in [0.15, 0.2) is 84.9 Å². The van der Waals surface area contributed by atoms with E-state index in [-0.39, 0.29) is 74.2 Å². The summed E-state index contributed by atoms with van der Waals surface area (Å²) >= 11 is 0. The number of esters is 2. The van der Waals surface area contributed by atoms with Crippen LogP contribution in [0.5, 0.6) is 23.0 Å². The minimum absolute atomic E-state index is 0.0251. The zero-order valence-corrected chi connectivity index (χ0v) is 40.7. The normalized spacial score (nSPS) is 27.1. The van der Waals surface area contributed by atoms with E-state index in [0.29, 0.717) is 48.3 Å². The molecule has 6 N–H and O–H groups in total. The number of carbonyl (C=O) groups excluding carboxylic acids is 8. The smallest absolute Gasteiger partial charge is 0.326 e. The lowest BCUT2D eigenvalue weighted by Gasteiger charge is -2.43. The molecule has 376 valence electrons. The van der Waals surface area contributed by atoms with Crippen molar-refractivity contribution in [3.63, 3.8) is 0 Å². The third kappa shape index (κ3) is 8.15. The predicted octanol–water partition coefficient (Wildman–Crippen LogP) is 3.80. The number of amides is 4. The van der Waals surface area contributed by atoms with E-state index in [9.17, 15) is 28.8 Å². The zero-order valence-electron chi connectivity index (χ0n) is 40.7. The number of nitrogens with one attached hydrogen (secondary N) is 2. The number of Topliss-reactive ketones (excluding diaryl/α,β-unsaturated/α-hetero) is 2. The lowest BCUT2D eigenvalue weighted by atomic mass is 9.78. The van der Waals surface area contributed by atoms with Gasteiger partial charge in [-0.1, -0.05) is 48.5 Å². The first-order valence-electron chi connectivity index (χ1n) is 24.3. The van der Waals surface area contributed by atoms with Gasteiger partial charge in [0, 0.05) is 37.1 Å². The van der Waals surface area contributed by atoms with Crippen molar-refractivity contribution >= 4 is 47.1 Å². The van der Waals surface area contributed by atoms with Gasteiger partial charge in [0.25, 0.3) is 23.6 Å². The van der Waals surface area contributed by atoms with Crippen molar-refractivity contribution in [1.29, 1.82) is 0 Å². The Morgan fingerprint density at radius 3 is 1.31 bits per heavy atom. The van der Waals surface area contributed by atoms with E-state index in [1.54, 1.807) is 60.7 Å². The number of carbonyl (C=O) groups is 8. The molecule has 18 heteroatoms. The Hall–Kier alpha value is -7.44. The summed E-state index contributed by atoms with van der Waals surface area (Å²) in [6.45, 7) is 2.73. The van der Waals surface area contributed by atoms with E-state index in [2.05, 4.69) is 10.6 Å². The zero-order chi connectivity index (χ0) is 51.3. The first-order valence-corrected chi connectivity index (χ1v) is 24.3. The molecule has 2 spiro atoms. The highest BCUT2D eigenvalue weighted by Gasteiger charge is 2.62. The molecule has 4 aromatic rings. The SMILES string of the molecule is COC(=O)[C@]1(N)CCc2cccc(Oc3ccccc3C(=O)N3CCC[C@@]34C(=O)N[C@@H](C)C(=O)[C@]3(CCCN3C(=O)c3ccccc3Oc3cccc5c3C[C@](N)(C(=O)OC)CC5)C(=O)N[C@@H](C)C4=O)c2C1. The first kappa shape index (κ1) is 49.5. The minimum Gasteiger partial charge on any atom is -0.468 e. The maximum Gasteiger partial charge on any atom is 0.326 e. The molecule has 9 rings (SSSR count). The number of para-hydroxylation sites is 2. The number of nitrogens with two attached hydrogens (primary N) is 2. The average molecular weight is 983 g/mol. The number of ether oxygens (including phenoxy) is 4. The lowest BCUT2D eigenvalue weighted by Crippen LogP contribution is -2.73. The van der Waals surface area contributed by atoms with E-state index >= 15 is 9.59 Å². The van der Waals surface area contributed by atoms with Crippen molar-refractivity contribution in [2.75, 3.05) is 27.3 Å². The van der Waals surface area contributed by atoms with Crippen LogP contribution >= 0.6 is 0 Å². The molecule has 3 aliphatic heterocycles. The maximum absolute atomic E-state index is 15.0. The maximum atomic E-state index is 15.0. The van der Waals surface area contributed by atoms with Crippen LogP contribution in [-0.2, 0) is 63.9 Å². The molecule has 0 aromatic heterocycles. The second-order valence-electron chi connectivity index (χ2n) is 19.6. The van der Waals surface area contributed by atoms with Gasteiger partial charge in [-0.15, -0.1) is 0 Å². The molecule has 0 radical (unpaired) electrons. The number of hydrogen-bond acceptors (Lipinski definition) is 14. The highest BCUT2D eigenvalue weighted by atomic mass is 16.5.